The van der Waals surface area contributed by atoms with Crippen molar-refractivity contribution in [3.63, 3.8) is 0 Å². The lowest BCUT2D eigenvalue weighted by molar-refractivity contribution is -0.141. The summed E-state index contributed by atoms with van der Waals surface area (Å²) < 4.78 is 38.0. The summed E-state index contributed by atoms with van der Waals surface area (Å²) in [6.07, 6.45) is -3.15. The van der Waals surface area contributed by atoms with Gasteiger partial charge in [0.05, 0.1) is 11.0 Å². The fourth-order valence-corrected chi connectivity index (χ4v) is 3.48. The molecule has 0 bridgehead atoms. The number of aryl methyl sites for hydroxylation is 1. The molecule has 1 fully saturated rings. The van der Waals surface area contributed by atoms with E-state index in [4.69, 9.17) is 4.98 Å². The van der Waals surface area contributed by atoms with Gasteiger partial charge in [0.1, 0.15) is 11.5 Å². The predicted molar refractivity (Wildman–Crippen MR) is 92.3 cm³/mol. The van der Waals surface area contributed by atoms with Gasteiger partial charge in [-0.05, 0) is 31.4 Å². The zero-order chi connectivity index (χ0) is 19.2. The van der Waals surface area contributed by atoms with Crippen molar-refractivity contribution in [2.45, 2.75) is 31.9 Å². The van der Waals surface area contributed by atoms with E-state index in [-0.39, 0.29) is 11.6 Å². The van der Waals surface area contributed by atoms with Crippen molar-refractivity contribution in [3.05, 3.63) is 47.0 Å². The second-order valence-corrected chi connectivity index (χ2v) is 6.82. The van der Waals surface area contributed by atoms with Crippen LogP contribution in [0.2, 0.25) is 0 Å². The van der Waals surface area contributed by atoms with Crippen LogP contribution in [0.15, 0.2) is 24.3 Å². The van der Waals surface area contributed by atoms with E-state index in [1.807, 2.05) is 30.2 Å². The highest BCUT2D eigenvalue weighted by atomic mass is 19.4. The molecule has 0 radical (unpaired) electrons. The Kier molecular flexibility index (Phi) is 4.16. The maximum Gasteiger partial charge on any atom is 0.432 e. The number of likely N-dealkylation sites (tertiary alicyclic amines) is 1. The molecule has 1 amide bonds. The van der Waals surface area contributed by atoms with Crippen LogP contribution in [0, 0.1) is 6.92 Å². The highest BCUT2D eigenvalue weighted by Crippen LogP contribution is 2.30. The van der Waals surface area contributed by atoms with Gasteiger partial charge < -0.3 is 9.88 Å². The van der Waals surface area contributed by atoms with Crippen LogP contribution in [0.3, 0.4) is 0 Å². The first-order valence-electron chi connectivity index (χ1n) is 8.70. The third kappa shape index (κ3) is 3.29. The first-order chi connectivity index (χ1) is 12.8. The number of benzene rings is 1. The Morgan fingerprint density at radius 2 is 2.00 bits per heavy atom. The summed E-state index contributed by atoms with van der Waals surface area (Å²) in [5, 5.41) is 5.40. The molecule has 9 heteroatoms. The highest BCUT2D eigenvalue weighted by molar-refractivity contribution is 5.92. The second-order valence-electron chi connectivity index (χ2n) is 6.82. The Morgan fingerprint density at radius 1 is 1.26 bits per heavy atom. The van der Waals surface area contributed by atoms with Gasteiger partial charge in [0, 0.05) is 25.1 Å². The van der Waals surface area contributed by atoms with Crippen LogP contribution in [0.1, 0.15) is 46.3 Å². The summed E-state index contributed by atoms with van der Waals surface area (Å²) in [6, 6.07) is 6.72. The Hall–Kier alpha value is -2.84. The molecule has 4 rings (SSSR count). The number of aromatic amines is 2. The fourth-order valence-electron chi connectivity index (χ4n) is 3.48. The average Bonchev–Trinajstić information content (AvgIpc) is 3.29. The number of alkyl halides is 3. The van der Waals surface area contributed by atoms with Crippen molar-refractivity contribution in [2.75, 3.05) is 13.1 Å². The topological polar surface area (TPSA) is 77.7 Å². The Balaban J connectivity index is 1.44. The lowest BCUT2D eigenvalue weighted by Crippen LogP contribution is -2.38. The van der Waals surface area contributed by atoms with Gasteiger partial charge in [-0.15, -0.1) is 0 Å². The molecular weight excluding hydrogens is 359 g/mol. The molecule has 6 nitrogen and oxygen atoms in total. The molecule has 142 valence electrons. The number of rotatable bonds is 2. The minimum atomic E-state index is -4.54. The van der Waals surface area contributed by atoms with E-state index in [0.29, 0.717) is 25.9 Å². The average molecular weight is 377 g/mol. The Labute approximate surface area is 152 Å². The molecule has 3 aromatic rings. The lowest BCUT2D eigenvalue weighted by atomic mass is 9.96. The number of nitrogens with zero attached hydrogens (tertiary/aromatic N) is 3. The van der Waals surface area contributed by atoms with Crippen molar-refractivity contribution >= 4 is 16.9 Å². The Morgan fingerprint density at radius 3 is 2.63 bits per heavy atom. The summed E-state index contributed by atoms with van der Waals surface area (Å²) in [5.41, 5.74) is 1.81. The van der Waals surface area contributed by atoms with Crippen molar-refractivity contribution in [2.24, 2.45) is 0 Å². The normalized spacial score (nSPS) is 16.2. The van der Waals surface area contributed by atoms with Crippen molar-refractivity contribution in [1.29, 1.82) is 0 Å². The van der Waals surface area contributed by atoms with E-state index in [0.717, 1.165) is 28.5 Å². The van der Waals surface area contributed by atoms with Crippen LogP contribution in [-0.4, -0.2) is 44.1 Å². The summed E-state index contributed by atoms with van der Waals surface area (Å²) in [6.45, 7) is 2.91. The number of para-hydroxylation sites is 1. The number of amides is 1. The van der Waals surface area contributed by atoms with Gasteiger partial charge in [0.15, 0.2) is 5.69 Å². The number of hydrogen-bond acceptors (Lipinski definition) is 3. The van der Waals surface area contributed by atoms with E-state index in [2.05, 4.69) is 10.1 Å². The molecule has 1 aromatic carbocycles. The summed E-state index contributed by atoms with van der Waals surface area (Å²) >= 11 is 0. The van der Waals surface area contributed by atoms with E-state index >= 15 is 0 Å². The zero-order valence-corrected chi connectivity index (χ0v) is 14.6. The molecule has 0 spiro atoms. The SMILES string of the molecule is Cc1cccc2[nH]c(C3CCN(C(=O)c4cc(C(F)(F)F)[nH]n4)CC3)nc12. The van der Waals surface area contributed by atoms with Crippen LogP contribution in [0.4, 0.5) is 13.2 Å². The lowest BCUT2D eigenvalue weighted by Gasteiger charge is -2.30. The van der Waals surface area contributed by atoms with Crippen molar-refractivity contribution in [3.8, 4) is 0 Å². The number of carbonyl (C=O) groups excluding carboxylic acids is 1. The van der Waals surface area contributed by atoms with Crippen LogP contribution >= 0.6 is 0 Å². The minimum absolute atomic E-state index is 0.186. The number of imidazole rings is 1. The van der Waals surface area contributed by atoms with Crippen LogP contribution in [0.5, 0.6) is 0 Å². The fraction of sp³-hybridized carbons (Fsp3) is 0.389. The van der Waals surface area contributed by atoms with Crippen LogP contribution in [0.25, 0.3) is 11.0 Å². The molecule has 1 aliphatic heterocycles. The number of halogens is 3. The van der Waals surface area contributed by atoms with Crippen molar-refractivity contribution in [1.82, 2.24) is 25.1 Å². The molecule has 0 atom stereocenters. The molecular formula is C18H18F3N5O. The maximum absolute atomic E-state index is 12.7. The highest BCUT2D eigenvalue weighted by Gasteiger charge is 2.35. The first kappa shape index (κ1) is 17.6. The van der Waals surface area contributed by atoms with Crippen molar-refractivity contribution < 1.29 is 18.0 Å². The van der Waals surface area contributed by atoms with Gasteiger partial charge in [0.2, 0.25) is 0 Å². The number of carbonyl (C=O) groups is 1. The third-order valence-corrected chi connectivity index (χ3v) is 5.00. The third-order valence-electron chi connectivity index (χ3n) is 5.00. The summed E-state index contributed by atoms with van der Waals surface area (Å²) in [7, 11) is 0. The van der Waals surface area contributed by atoms with E-state index in [9.17, 15) is 18.0 Å². The van der Waals surface area contributed by atoms with Gasteiger partial charge in [-0.1, -0.05) is 12.1 Å². The molecule has 0 saturated carbocycles. The largest absolute Gasteiger partial charge is 0.432 e. The minimum Gasteiger partial charge on any atom is -0.342 e. The molecule has 3 heterocycles. The number of hydrogen-bond donors (Lipinski definition) is 2. The van der Waals surface area contributed by atoms with Gasteiger partial charge >= 0.3 is 6.18 Å². The molecule has 0 aliphatic carbocycles. The molecule has 2 aromatic heterocycles. The molecule has 2 N–H and O–H groups in total. The maximum atomic E-state index is 12.7. The zero-order valence-electron chi connectivity index (χ0n) is 14.6. The summed E-state index contributed by atoms with van der Waals surface area (Å²) in [4.78, 5) is 22.0. The molecule has 27 heavy (non-hydrogen) atoms. The van der Waals surface area contributed by atoms with Crippen LogP contribution in [-0.2, 0) is 6.18 Å². The van der Waals surface area contributed by atoms with Gasteiger partial charge in [-0.3, -0.25) is 9.89 Å². The number of nitrogens with one attached hydrogen (secondary N) is 2. The van der Waals surface area contributed by atoms with Gasteiger partial charge in [0.25, 0.3) is 5.91 Å². The van der Waals surface area contributed by atoms with E-state index in [1.54, 1.807) is 4.90 Å². The molecule has 1 aliphatic rings. The predicted octanol–water partition coefficient (Wildman–Crippen LogP) is 3.63. The van der Waals surface area contributed by atoms with E-state index in [1.165, 1.54) is 0 Å². The van der Waals surface area contributed by atoms with E-state index < -0.39 is 17.8 Å². The number of fused-ring (bicyclic) bond motifs is 1. The number of aromatic nitrogens is 4. The molecule has 0 unspecified atom stereocenters. The monoisotopic (exact) mass is 377 g/mol. The number of H-pyrrole nitrogens is 2. The quantitative estimate of drug-likeness (QED) is 0.716. The first-order valence-corrected chi connectivity index (χ1v) is 8.70. The number of piperidine rings is 1. The summed E-state index contributed by atoms with van der Waals surface area (Å²) in [5.74, 6) is 0.594. The standard InChI is InChI=1S/C18H18F3N5O/c1-10-3-2-4-12-15(10)23-16(22-12)11-5-7-26(8-6-11)17(27)13-9-14(25-24-13)18(19,20)21/h2-4,9,11H,5-8H2,1H3,(H,22,23)(H,24,25). The smallest absolute Gasteiger partial charge is 0.342 e. The molecule has 1 saturated heterocycles. The second kappa shape index (κ2) is 6.40. The van der Waals surface area contributed by atoms with Gasteiger partial charge in [-0.25, -0.2) is 4.98 Å². The Bertz CT molecular complexity index is 982. The van der Waals surface area contributed by atoms with Gasteiger partial charge in [-0.2, -0.15) is 18.3 Å². The van der Waals surface area contributed by atoms with Crippen LogP contribution < -0.4 is 0 Å².